The largest absolute Gasteiger partial charge is 0.385 e. The predicted octanol–water partition coefficient (Wildman–Crippen LogP) is 2.45. The Morgan fingerprint density at radius 1 is 1.38 bits per heavy atom. The molecule has 1 unspecified atom stereocenters. The lowest BCUT2D eigenvalue weighted by molar-refractivity contribution is -0.141. The van der Waals surface area contributed by atoms with E-state index in [1.807, 2.05) is 17.0 Å². The van der Waals surface area contributed by atoms with Crippen molar-refractivity contribution in [3.63, 3.8) is 0 Å². The first-order chi connectivity index (χ1) is 14.2. The van der Waals surface area contributed by atoms with Crippen LogP contribution in [0.2, 0.25) is 0 Å². The summed E-state index contributed by atoms with van der Waals surface area (Å²) in [7, 11) is 1.69. The second-order valence-electron chi connectivity index (χ2n) is 7.94. The van der Waals surface area contributed by atoms with E-state index < -0.39 is 0 Å². The Morgan fingerprint density at radius 2 is 2.24 bits per heavy atom. The molecule has 29 heavy (non-hydrogen) atoms. The Morgan fingerprint density at radius 3 is 3.00 bits per heavy atom. The summed E-state index contributed by atoms with van der Waals surface area (Å²) in [6.45, 7) is 3.28. The highest BCUT2D eigenvalue weighted by molar-refractivity contribution is 5.79. The summed E-state index contributed by atoms with van der Waals surface area (Å²) in [4.78, 5) is 24.0. The van der Waals surface area contributed by atoms with Gasteiger partial charge in [-0.15, -0.1) is 0 Å². The van der Waals surface area contributed by atoms with E-state index in [0.29, 0.717) is 38.1 Å². The van der Waals surface area contributed by atoms with Gasteiger partial charge in [0.15, 0.2) is 5.82 Å². The fourth-order valence-corrected chi connectivity index (χ4v) is 4.36. The van der Waals surface area contributed by atoms with Crippen molar-refractivity contribution in [2.75, 3.05) is 40.0 Å². The third-order valence-electron chi connectivity index (χ3n) is 6.05. The van der Waals surface area contributed by atoms with Crippen LogP contribution < -0.4 is 0 Å². The highest BCUT2D eigenvalue weighted by Crippen LogP contribution is 2.37. The summed E-state index contributed by atoms with van der Waals surface area (Å²) in [6.07, 6.45) is 7.58. The number of piperidine rings is 1. The average molecular weight is 400 g/mol. The highest BCUT2D eigenvalue weighted by Gasteiger charge is 2.43. The maximum atomic E-state index is 13.1. The number of hydrogen-bond donors (Lipinski definition) is 0. The molecule has 4 heterocycles. The second-order valence-corrected chi connectivity index (χ2v) is 7.94. The third-order valence-corrected chi connectivity index (χ3v) is 6.05. The number of nitrogens with zero attached hydrogens (tertiary/aromatic N) is 4. The van der Waals surface area contributed by atoms with Gasteiger partial charge in [-0.05, 0) is 44.2 Å². The molecule has 0 bridgehead atoms. The van der Waals surface area contributed by atoms with E-state index in [2.05, 4.69) is 10.1 Å². The van der Waals surface area contributed by atoms with Gasteiger partial charge in [-0.25, -0.2) is 0 Å². The van der Waals surface area contributed by atoms with Crippen LogP contribution in [-0.2, 0) is 19.7 Å². The second kappa shape index (κ2) is 9.00. The molecule has 0 aromatic carbocycles. The van der Waals surface area contributed by atoms with Crippen molar-refractivity contribution >= 4 is 5.91 Å². The zero-order valence-corrected chi connectivity index (χ0v) is 16.9. The zero-order valence-electron chi connectivity index (χ0n) is 16.9. The number of pyridine rings is 1. The lowest BCUT2D eigenvalue weighted by atomic mass is 9.76. The molecule has 4 rings (SSSR count). The van der Waals surface area contributed by atoms with Gasteiger partial charge in [0, 0.05) is 58.3 Å². The molecule has 8 nitrogen and oxygen atoms in total. The van der Waals surface area contributed by atoms with Crippen LogP contribution in [0, 0.1) is 5.92 Å². The zero-order chi connectivity index (χ0) is 20.1. The summed E-state index contributed by atoms with van der Waals surface area (Å²) in [5.41, 5.74) is 0.429. The minimum atomic E-state index is -0.362. The maximum absolute atomic E-state index is 13.1. The van der Waals surface area contributed by atoms with Crippen molar-refractivity contribution in [1.29, 1.82) is 0 Å². The Balaban J connectivity index is 1.57. The van der Waals surface area contributed by atoms with Gasteiger partial charge in [0.1, 0.15) is 0 Å². The highest BCUT2D eigenvalue weighted by atomic mass is 16.5. The van der Waals surface area contributed by atoms with Crippen LogP contribution in [0.4, 0.5) is 0 Å². The molecule has 156 valence electrons. The monoisotopic (exact) mass is 400 g/mol. The van der Waals surface area contributed by atoms with E-state index in [-0.39, 0.29) is 17.2 Å². The van der Waals surface area contributed by atoms with Crippen molar-refractivity contribution in [2.24, 2.45) is 5.92 Å². The minimum Gasteiger partial charge on any atom is -0.385 e. The smallest absolute Gasteiger partial charge is 0.259 e. The number of aromatic nitrogens is 3. The van der Waals surface area contributed by atoms with E-state index in [4.69, 9.17) is 19.0 Å². The number of ether oxygens (including phenoxy) is 2. The third kappa shape index (κ3) is 4.33. The van der Waals surface area contributed by atoms with Gasteiger partial charge in [-0.2, -0.15) is 4.98 Å². The van der Waals surface area contributed by atoms with Crippen molar-refractivity contribution in [3.05, 3.63) is 30.4 Å². The number of carbonyl (C=O) groups excluding carboxylic acids is 1. The Bertz CT molecular complexity index is 806. The van der Waals surface area contributed by atoms with Crippen LogP contribution in [-0.4, -0.2) is 66.0 Å². The first-order valence-electron chi connectivity index (χ1n) is 10.3. The van der Waals surface area contributed by atoms with Crippen LogP contribution in [0.3, 0.4) is 0 Å². The van der Waals surface area contributed by atoms with E-state index in [1.54, 1.807) is 19.5 Å². The molecular formula is C21H28N4O4. The first kappa shape index (κ1) is 20.0. The summed E-state index contributed by atoms with van der Waals surface area (Å²) in [5.74, 6) is 1.39. The predicted molar refractivity (Wildman–Crippen MR) is 105 cm³/mol. The summed E-state index contributed by atoms with van der Waals surface area (Å²) in [6, 6.07) is 3.74. The molecule has 2 aromatic heterocycles. The molecule has 2 aliphatic heterocycles. The van der Waals surface area contributed by atoms with Crippen LogP contribution in [0.5, 0.6) is 0 Å². The lowest BCUT2D eigenvalue weighted by Crippen LogP contribution is -2.51. The molecule has 0 N–H and O–H groups in total. The molecule has 2 fully saturated rings. The number of carbonyl (C=O) groups is 1. The molecule has 2 saturated heterocycles. The standard InChI is InChI=1S/C21H28N4O4/c1-27-13-8-21(20-23-18(29-24-20)17-4-2-9-22-14-17)7-3-10-25(15-21)19(26)16-5-11-28-12-6-16/h2,4,9,14,16H,3,5-8,10-13,15H2,1H3. The van der Waals surface area contributed by atoms with Gasteiger partial charge in [-0.1, -0.05) is 5.16 Å². The minimum absolute atomic E-state index is 0.0539. The Kier molecular flexibility index (Phi) is 6.20. The van der Waals surface area contributed by atoms with E-state index in [9.17, 15) is 4.79 Å². The molecule has 1 amide bonds. The van der Waals surface area contributed by atoms with E-state index >= 15 is 0 Å². The van der Waals surface area contributed by atoms with Gasteiger partial charge >= 0.3 is 0 Å². The van der Waals surface area contributed by atoms with E-state index in [1.165, 1.54) is 0 Å². The molecule has 0 spiro atoms. The van der Waals surface area contributed by atoms with Gasteiger partial charge in [0.2, 0.25) is 5.91 Å². The fourth-order valence-electron chi connectivity index (χ4n) is 4.36. The molecule has 0 aliphatic carbocycles. The summed E-state index contributed by atoms with van der Waals surface area (Å²) < 4.78 is 16.4. The molecule has 2 aromatic rings. The quantitative estimate of drug-likeness (QED) is 0.735. The van der Waals surface area contributed by atoms with Gasteiger partial charge < -0.3 is 18.9 Å². The van der Waals surface area contributed by atoms with Crippen molar-refractivity contribution in [3.8, 4) is 11.5 Å². The number of hydrogen-bond acceptors (Lipinski definition) is 7. The van der Waals surface area contributed by atoms with Gasteiger partial charge in [-0.3, -0.25) is 9.78 Å². The number of likely N-dealkylation sites (tertiary alicyclic amines) is 1. The Labute approximate surface area is 170 Å². The molecule has 0 radical (unpaired) electrons. The van der Waals surface area contributed by atoms with Crippen LogP contribution in [0.1, 0.15) is 37.9 Å². The molecule has 0 saturated carbocycles. The van der Waals surface area contributed by atoms with E-state index in [0.717, 1.165) is 44.2 Å². The van der Waals surface area contributed by atoms with Crippen molar-refractivity contribution in [1.82, 2.24) is 20.0 Å². The van der Waals surface area contributed by atoms with Crippen LogP contribution in [0.25, 0.3) is 11.5 Å². The van der Waals surface area contributed by atoms with Crippen molar-refractivity contribution < 1.29 is 18.8 Å². The molecular weight excluding hydrogens is 372 g/mol. The van der Waals surface area contributed by atoms with Gasteiger partial charge in [0.05, 0.1) is 11.0 Å². The maximum Gasteiger partial charge on any atom is 0.259 e. The van der Waals surface area contributed by atoms with Gasteiger partial charge in [0.25, 0.3) is 5.89 Å². The van der Waals surface area contributed by atoms with Crippen LogP contribution in [0.15, 0.2) is 29.0 Å². The first-order valence-corrected chi connectivity index (χ1v) is 10.3. The number of rotatable bonds is 6. The summed E-state index contributed by atoms with van der Waals surface area (Å²) >= 11 is 0. The summed E-state index contributed by atoms with van der Waals surface area (Å²) in [5, 5.41) is 4.32. The fraction of sp³-hybridized carbons (Fsp3) is 0.619. The SMILES string of the molecule is COCCC1(c2noc(-c3cccnc3)n2)CCCN(C(=O)C2CCOCC2)C1. The Hall–Kier alpha value is -2.32. The normalized spacial score (nSPS) is 23.3. The van der Waals surface area contributed by atoms with Crippen molar-refractivity contribution in [2.45, 2.75) is 37.5 Å². The molecule has 8 heteroatoms. The number of methoxy groups -OCH3 is 1. The molecule has 2 aliphatic rings. The number of amides is 1. The average Bonchev–Trinajstić information content (AvgIpc) is 3.30. The van der Waals surface area contributed by atoms with Crippen LogP contribution >= 0.6 is 0 Å². The topological polar surface area (TPSA) is 90.6 Å². The lowest BCUT2D eigenvalue weighted by Gasteiger charge is -2.42. The molecule has 1 atom stereocenters.